The Morgan fingerprint density at radius 1 is 0.909 bits per heavy atom. The van der Waals surface area contributed by atoms with E-state index in [1.165, 1.54) is 0 Å². The first-order valence-electron chi connectivity index (χ1n) is 11.3. The van der Waals surface area contributed by atoms with Crippen LogP contribution in [-0.4, -0.2) is 29.0 Å². The van der Waals surface area contributed by atoms with Crippen LogP contribution in [0.4, 0.5) is 16.2 Å². The Labute approximate surface area is 195 Å². The zero-order chi connectivity index (χ0) is 24.2. The molecule has 2 aromatic carbocycles. The van der Waals surface area contributed by atoms with Gasteiger partial charge in [0.1, 0.15) is 11.1 Å². The molecule has 0 saturated heterocycles. The summed E-state index contributed by atoms with van der Waals surface area (Å²) >= 11 is 0. The fourth-order valence-electron chi connectivity index (χ4n) is 4.04. The molecule has 0 atom stereocenters. The Morgan fingerprint density at radius 2 is 1.58 bits per heavy atom. The number of aryl methyl sites for hydroxylation is 2. The Morgan fingerprint density at radius 3 is 2.18 bits per heavy atom. The summed E-state index contributed by atoms with van der Waals surface area (Å²) in [6, 6.07) is 12.7. The fourth-order valence-corrected chi connectivity index (χ4v) is 4.04. The second kappa shape index (κ2) is 9.65. The average Bonchev–Trinajstić information content (AvgIpc) is 3.18. The van der Waals surface area contributed by atoms with E-state index in [1.54, 1.807) is 39.0 Å². The summed E-state index contributed by atoms with van der Waals surface area (Å²) in [5.74, 6) is -0.485. The molecular weight excluding hydrogens is 418 g/mol. The number of anilines is 2. The van der Waals surface area contributed by atoms with Gasteiger partial charge >= 0.3 is 6.09 Å². The van der Waals surface area contributed by atoms with Gasteiger partial charge in [-0.1, -0.05) is 31.0 Å². The third-order valence-electron chi connectivity index (χ3n) is 5.75. The summed E-state index contributed by atoms with van der Waals surface area (Å²) in [5, 5.41) is 8.66. The summed E-state index contributed by atoms with van der Waals surface area (Å²) in [7, 11) is 0. The number of rotatable bonds is 5. The largest absolute Gasteiger partial charge is 0.444 e. The number of ether oxygens (including phenoxy) is 1. The van der Waals surface area contributed by atoms with Gasteiger partial charge in [0.15, 0.2) is 0 Å². The molecule has 7 heteroatoms. The van der Waals surface area contributed by atoms with Crippen LogP contribution in [0.2, 0.25) is 0 Å². The Hall–Kier alpha value is -3.35. The molecule has 0 unspecified atom stereocenters. The third-order valence-corrected chi connectivity index (χ3v) is 5.75. The number of carbonyl (C=O) groups is 3. The van der Waals surface area contributed by atoms with Crippen molar-refractivity contribution in [3.05, 3.63) is 59.2 Å². The van der Waals surface area contributed by atoms with Crippen LogP contribution in [0.5, 0.6) is 0 Å². The van der Waals surface area contributed by atoms with Crippen molar-refractivity contribution in [3.8, 4) is 0 Å². The van der Waals surface area contributed by atoms with Crippen LogP contribution in [-0.2, 0) is 9.53 Å². The van der Waals surface area contributed by atoms with Crippen LogP contribution in [0.3, 0.4) is 0 Å². The molecule has 2 aromatic rings. The van der Waals surface area contributed by atoms with E-state index in [0.717, 1.165) is 29.7 Å². The van der Waals surface area contributed by atoms with Gasteiger partial charge in [-0.15, -0.1) is 0 Å². The summed E-state index contributed by atoms with van der Waals surface area (Å²) in [5.41, 5.74) is 1.92. The van der Waals surface area contributed by atoms with Crippen molar-refractivity contribution in [3.63, 3.8) is 0 Å². The topological polar surface area (TPSA) is 96.5 Å². The molecule has 7 nitrogen and oxygen atoms in total. The minimum absolute atomic E-state index is 0.210. The summed E-state index contributed by atoms with van der Waals surface area (Å²) in [6.45, 7) is 9.12. The van der Waals surface area contributed by atoms with Gasteiger partial charge in [-0.2, -0.15) is 0 Å². The van der Waals surface area contributed by atoms with Crippen LogP contribution in [0, 0.1) is 13.8 Å². The molecule has 1 aliphatic carbocycles. The number of nitrogens with one attached hydrogen (secondary N) is 3. The number of amides is 3. The monoisotopic (exact) mass is 451 g/mol. The highest BCUT2D eigenvalue weighted by Crippen LogP contribution is 2.32. The molecule has 3 N–H and O–H groups in total. The zero-order valence-corrected chi connectivity index (χ0v) is 20.0. The van der Waals surface area contributed by atoms with Crippen LogP contribution in [0.15, 0.2) is 42.5 Å². The maximum Gasteiger partial charge on any atom is 0.408 e. The van der Waals surface area contributed by atoms with Crippen molar-refractivity contribution in [2.24, 2.45) is 0 Å². The second-order valence-electron chi connectivity index (χ2n) is 9.67. The van der Waals surface area contributed by atoms with Gasteiger partial charge in [-0.25, -0.2) is 4.79 Å². The number of para-hydroxylation sites is 1. The van der Waals surface area contributed by atoms with Gasteiger partial charge in [-0.3, -0.25) is 9.59 Å². The third kappa shape index (κ3) is 6.12. The predicted molar refractivity (Wildman–Crippen MR) is 130 cm³/mol. The van der Waals surface area contributed by atoms with Crippen LogP contribution in [0.25, 0.3) is 0 Å². The molecule has 0 radical (unpaired) electrons. The highest BCUT2D eigenvalue weighted by Gasteiger charge is 2.43. The van der Waals surface area contributed by atoms with Crippen molar-refractivity contribution in [1.82, 2.24) is 5.32 Å². The molecule has 0 heterocycles. The van der Waals surface area contributed by atoms with E-state index >= 15 is 0 Å². The number of benzene rings is 2. The van der Waals surface area contributed by atoms with E-state index in [-0.39, 0.29) is 11.8 Å². The van der Waals surface area contributed by atoms with Gasteiger partial charge in [0.25, 0.3) is 5.91 Å². The smallest absolute Gasteiger partial charge is 0.408 e. The lowest BCUT2D eigenvalue weighted by Gasteiger charge is -2.30. The van der Waals surface area contributed by atoms with Gasteiger partial charge in [0, 0.05) is 16.9 Å². The number of alkyl carbamates (subject to hydrolysis) is 1. The summed E-state index contributed by atoms with van der Waals surface area (Å²) in [4.78, 5) is 38.3. The lowest BCUT2D eigenvalue weighted by Crippen LogP contribution is -2.55. The number of carbonyl (C=O) groups excluding carboxylic acids is 3. The molecule has 0 aliphatic heterocycles. The van der Waals surface area contributed by atoms with E-state index in [4.69, 9.17) is 4.74 Å². The van der Waals surface area contributed by atoms with E-state index in [1.807, 2.05) is 38.1 Å². The molecule has 176 valence electrons. The first-order valence-corrected chi connectivity index (χ1v) is 11.3. The Balaban J connectivity index is 1.71. The van der Waals surface area contributed by atoms with Crippen molar-refractivity contribution in [2.75, 3.05) is 10.6 Å². The standard InChI is InChI=1S/C26H33N3O4/c1-17-10-6-7-11-21(17)28-22(30)20-13-12-19(16-18(20)2)27-23(31)26(14-8-9-15-26)29-24(32)33-25(3,4)5/h6-7,10-13,16H,8-9,14-15H2,1-5H3,(H,27,31)(H,28,30)(H,29,32). The second-order valence-corrected chi connectivity index (χ2v) is 9.67. The van der Waals surface area contributed by atoms with Gasteiger partial charge in [0.2, 0.25) is 5.91 Å². The first-order chi connectivity index (χ1) is 15.5. The highest BCUT2D eigenvalue weighted by molar-refractivity contribution is 6.06. The lowest BCUT2D eigenvalue weighted by molar-refractivity contribution is -0.122. The quantitative estimate of drug-likeness (QED) is 0.572. The van der Waals surface area contributed by atoms with Gasteiger partial charge in [-0.05, 0) is 82.9 Å². The van der Waals surface area contributed by atoms with Gasteiger partial charge in [0.05, 0.1) is 0 Å². The van der Waals surface area contributed by atoms with Crippen molar-refractivity contribution in [1.29, 1.82) is 0 Å². The minimum atomic E-state index is -1.00. The summed E-state index contributed by atoms with van der Waals surface area (Å²) in [6.07, 6.45) is 2.20. The van der Waals surface area contributed by atoms with Crippen molar-refractivity contribution < 1.29 is 19.1 Å². The molecule has 0 aromatic heterocycles. The maximum atomic E-state index is 13.2. The average molecular weight is 452 g/mol. The van der Waals surface area contributed by atoms with E-state index in [2.05, 4.69) is 16.0 Å². The van der Waals surface area contributed by atoms with E-state index in [0.29, 0.717) is 24.1 Å². The van der Waals surface area contributed by atoms with Crippen LogP contribution < -0.4 is 16.0 Å². The van der Waals surface area contributed by atoms with E-state index < -0.39 is 17.2 Å². The molecule has 1 aliphatic rings. The molecule has 33 heavy (non-hydrogen) atoms. The maximum absolute atomic E-state index is 13.2. The molecule has 1 fully saturated rings. The Kier molecular flexibility index (Phi) is 7.10. The van der Waals surface area contributed by atoms with E-state index in [9.17, 15) is 14.4 Å². The molecule has 0 spiro atoms. The SMILES string of the molecule is Cc1ccccc1NC(=O)c1ccc(NC(=O)C2(NC(=O)OC(C)(C)C)CCCC2)cc1C. The molecule has 0 bridgehead atoms. The van der Waals surface area contributed by atoms with Crippen molar-refractivity contribution in [2.45, 2.75) is 71.4 Å². The van der Waals surface area contributed by atoms with Crippen LogP contribution >= 0.6 is 0 Å². The molecule has 3 amide bonds. The fraction of sp³-hybridized carbons (Fsp3) is 0.423. The van der Waals surface area contributed by atoms with Crippen LogP contribution in [0.1, 0.15) is 67.9 Å². The summed E-state index contributed by atoms with van der Waals surface area (Å²) < 4.78 is 5.37. The highest BCUT2D eigenvalue weighted by atomic mass is 16.6. The molecule has 1 saturated carbocycles. The van der Waals surface area contributed by atoms with Crippen molar-refractivity contribution >= 4 is 29.3 Å². The molecule has 3 rings (SSSR count). The molecular formula is C26H33N3O4. The zero-order valence-electron chi connectivity index (χ0n) is 20.0. The Bertz CT molecular complexity index is 1050. The lowest BCUT2D eigenvalue weighted by atomic mass is 9.96. The number of hydrogen-bond acceptors (Lipinski definition) is 4. The normalized spacial score (nSPS) is 14.9. The minimum Gasteiger partial charge on any atom is -0.444 e. The van der Waals surface area contributed by atoms with Gasteiger partial charge < -0.3 is 20.7 Å². The predicted octanol–water partition coefficient (Wildman–Crippen LogP) is 5.33. The first kappa shape index (κ1) is 24.3. The number of hydrogen-bond donors (Lipinski definition) is 3.